The van der Waals surface area contributed by atoms with Gasteiger partial charge in [-0.2, -0.15) is 5.10 Å². The minimum Gasteiger partial charge on any atom is -0.353 e. The Morgan fingerprint density at radius 1 is 1.38 bits per heavy atom. The number of nitrogens with zero attached hydrogens (tertiary/aromatic N) is 2. The largest absolute Gasteiger partial charge is 0.353 e. The normalized spacial score (nSPS) is 23.2. The van der Waals surface area contributed by atoms with Crippen molar-refractivity contribution in [3.05, 3.63) is 58.5 Å². The zero-order valence-corrected chi connectivity index (χ0v) is 13.8. The van der Waals surface area contributed by atoms with E-state index in [2.05, 4.69) is 24.3 Å². The lowest BCUT2D eigenvalue weighted by Crippen LogP contribution is -2.27. The predicted molar refractivity (Wildman–Crippen MR) is 90.9 cm³/mol. The van der Waals surface area contributed by atoms with Gasteiger partial charge in [0.05, 0.1) is 18.0 Å². The molecule has 1 aromatic heterocycles. The summed E-state index contributed by atoms with van der Waals surface area (Å²) >= 11 is 0. The van der Waals surface area contributed by atoms with Gasteiger partial charge < -0.3 is 10.1 Å². The summed E-state index contributed by atoms with van der Waals surface area (Å²) in [5.74, 6) is 0.123. The molecule has 6 nitrogen and oxygen atoms in total. The summed E-state index contributed by atoms with van der Waals surface area (Å²) in [6.45, 7) is 4.19. The summed E-state index contributed by atoms with van der Waals surface area (Å²) in [6.07, 6.45) is 2.98. The van der Waals surface area contributed by atoms with Crippen molar-refractivity contribution in [2.24, 2.45) is 5.92 Å². The Labute approximate surface area is 140 Å². The molecular formula is C18H21N3O3. The fraction of sp³-hybridized carbons (Fsp3) is 0.389. The monoisotopic (exact) mass is 327 g/mol. The van der Waals surface area contributed by atoms with Crippen molar-refractivity contribution < 1.29 is 9.53 Å². The van der Waals surface area contributed by atoms with Gasteiger partial charge in [-0.15, -0.1) is 0 Å². The molecule has 126 valence electrons. The summed E-state index contributed by atoms with van der Waals surface area (Å²) in [6, 6.07) is 10.2. The number of hydrogen-bond donors (Lipinski definition) is 1. The maximum Gasteiger partial charge on any atom is 0.271 e. The van der Waals surface area contributed by atoms with E-state index in [9.17, 15) is 9.59 Å². The summed E-state index contributed by atoms with van der Waals surface area (Å²) in [7, 11) is 0. The van der Waals surface area contributed by atoms with Crippen molar-refractivity contribution in [2.75, 3.05) is 5.32 Å². The highest BCUT2D eigenvalue weighted by molar-refractivity contribution is 6.04. The Bertz CT molecular complexity index is 773. The number of nitrogens with one attached hydrogen (secondary N) is 1. The van der Waals surface area contributed by atoms with Crippen LogP contribution >= 0.6 is 0 Å². The topological polar surface area (TPSA) is 73.2 Å². The molecule has 1 N–H and O–H groups in total. The molecule has 1 saturated heterocycles. The Hall–Kier alpha value is -2.47. The minimum atomic E-state index is -0.337. The van der Waals surface area contributed by atoms with Crippen LogP contribution in [0.3, 0.4) is 0 Å². The van der Waals surface area contributed by atoms with E-state index in [0.29, 0.717) is 17.2 Å². The van der Waals surface area contributed by atoms with Crippen LogP contribution in [0.5, 0.6) is 0 Å². The van der Waals surface area contributed by atoms with Crippen LogP contribution < -0.4 is 10.9 Å². The van der Waals surface area contributed by atoms with Crippen molar-refractivity contribution >= 4 is 11.6 Å². The third-order valence-electron chi connectivity index (χ3n) is 4.33. The maximum atomic E-state index is 12.3. The number of aromatic nitrogens is 2. The minimum absolute atomic E-state index is 0.154. The van der Waals surface area contributed by atoms with Gasteiger partial charge in [0, 0.05) is 11.6 Å². The van der Waals surface area contributed by atoms with E-state index in [-0.39, 0.29) is 23.8 Å². The smallest absolute Gasteiger partial charge is 0.271 e. The van der Waals surface area contributed by atoms with Gasteiger partial charge >= 0.3 is 0 Å². The zero-order valence-electron chi connectivity index (χ0n) is 13.8. The molecule has 0 bridgehead atoms. The molecule has 1 amide bonds. The van der Waals surface area contributed by atoms with Gasteiger partial charge in [-0.05, 0) is 30.9 Å². The van der Waals surface area contributed by atoms with Gasteiger partial charge in [-0.1, -0.05) is 32.0 Å². The van der Waals surface area contributed by atoms with Gasteiger partial charge in [-0.25, -0.2) is 4.68 Å². The van der Waals surface area contributed by atoms with Crippen LogP contribution in [-0.2, 0) is 4.74 Å². The molecular weight excluding hydrogens is 306 g/mol. The Morgan fingerprint density at radius 2 is 2.12 bits per heavy atom. The first-order valence-corrected chi connectivity index (χ1v) is 8.19. The number of carbonyl (C=O) groups excluding carboxylic acids is 1. The second-order valence-electron chi connectivity index (χ2n) is 6.10. The lowest BCUT2D eigenvalue weighted by molar-refractivity contribution is -0.0144. The predicted octanol–water partition coefficient (Wildman–Crippen LogP) is 2.83. The fourth-order valence-electron chi connectivity index (χ4n) is 3.01. The van der Waals surface area contributed by atoms with Gasteiger partial charge in [0.1, 0.15) is 0 Å². The lowest BCUT2D eigenvalue weighted by atomic mass is 10.0. The quantitative estimate of drug-likeness (QED) is 0.937. The summed E-state index contributed by atoms with van der Waals surface area (Å²) < 4.78 is 7.24. The number of ether oxygens (including phenoxy) is 1. The number of carbonyl (C=O) groups is 1. The van der Waals surface area contributed by atoms with E-state index in [4.69, 9.17) is 4.74 Å². The van der Waals surface area contributed by atoms with Crippen molar-refractivity contribution in [3.63, 3.8) is 0 Å². The second kappa shape index (κ2) is 6.97. The molecule has 24 heavy (non-hydrogen) atoms. The molecule has 2 heterocycles. The molecule has 0 aliphatic carbocycles. The highest BCUT2D eigenvalue weighted by Gasteiger charge is 2.33. The van der Waals surface area contributed by atoms with Crippen LogP contribution in [0.1, 0.15) is 43.3 Å². The average Bonchev–Trinajstić information content (AvgIpc) is 2.96. The Morgan fingerprint density at radius 3 is 2.75 bits per heavy atom. The SMILES string of the molecule is CCC1OC(n2ncc(NC(=O)c3ccccc3)cc2=O)CC1C. The van der Waals surface area contributed by atoms with Crippen molar-refractivity contribution in [1.29, 1.82) is 0 Å². The van der Waals surface area contributed by atoms with Crippen molar-refractivity contribution in [1.82, 2.24) is 9.78 Å². The number of rotatable bonds is 4. The number of anilines is 1. The van der Waals surface area contributed by atoms with E-state index in [1.54, 1.807) is 24.3 Å². The first-order chi connectivity index (χ1) is 11.6. The van der Waals surface area contributed by atoms with Gasteiger partial charge in [0.2, 0.25) is 0 Å². The van der Waals surface area contributed by atoms with Crippen LogP contribution in [0.15, 0.2) is 47.4 Å². The van der Waals surface area contributed by atoms with E-state index in [1.165, 1.54) is 16.9 Å². The summed E-state index contributed by atoms with van der Waals surface area (Å²) in [4.78, 5) is 24.4. The van der Waals surface area contributed by atoms with Gasteiger partial charge in [0.25, 0.3) is 11.5 Å². The molecule has 3 rings (SSSR count). The van der Waals surface area contributed by atoms with Gasteiger partial charge in [0.15, 0.2) is 6.23 Å². The Balaban J connectivity index is 1.74. The summed E-state index contributed by atoms with van der Waals surface area (Å²) in [5, 5.41) is 6.86. The zero-order chi connectivity index (χ0) is 17.1. The van der Waals surface area contributed by atoms with E-state index in [0.717, 1.165) is 12.8 Å². The van der Waals surface area contributed by atoms with E-state index in [1.807, 2.05) is 6.07 Å². The van der Waals surface area contributed by atoms with Crippen LogP contribution in [-0.4, -0.2) is 21.8 Å². The van der Waals surface area contributed by atoms with Crippen molar-refractivity contribution in [2.45, 2.75) is 39.0 Å². The molecule has 1 aliphatic rings. The van der Waals surface area contributed by atoms with Gasteiger partial charge in [-0.3, -0.25) is 9.59 Å². The molecule has 0 saturated carbocycles. The first kappa shape index (κ1) is 16.4. The molecule has 3 unspecified atom stereocenters. The second-order valence-corrected chi connectivity index (χ2v) is 6.10. The third-order valence-corrected chi connectivity index (χ3v) is 4.33. The highest BCUT2D eigenvalue weighted by Crippen LogP contribution is 2.33. The molecule has 0 spiro atoms. The summed E-state index contributed by atoms with van der Waals surface area (Å²) in [5.41, 5.74) is 0.624. The molecule has 1 aliphatic heterocycles. The lowest BCUT2D eigenvalue weighted by Gasteiger charge is -2.14. The van der Waals surface area contributed by atoms with Crippen LogP contribution in [0, 0.1) is 5.92 Å². The average molecular weight is 327 g/mol. The standard InChI is InChI=1S/C18H21N3O3/c1-3-15-12(2)9-17(24-15)21-16(22)10-14(11-19-21)20-18(23)13-7-5-4-6-8-13/h4-8,10-12,15,17H,3,9H2,1-2H3,(H,20,23). The molecule has 1 fully saturated rings. The molecule has 6 heteroatoms. The molecule has 0 radical (unpaired) electrons. The fourth-order valence-corrected chi connectivity index (χ4v) is 3.01. The highest BCUT2D eigenvalue weighted by atomic mass is 16.5. The number of amides is 1. The van der Waals surface area contributed by atoms with E-state index >= 15 is 0 Å². The third kappa shape index (κ3) is 3.38. The number of benzene rings is 1. The first-order valence-electron chi connectivity index (χ1n) is 8.19. The number of hydrogen-bond acceptors (Lipinski definition) is 4. The van der Waals surface area contributed by atoms with Crippen LogP contribution in [0.25, 0.3) is 0 Å². The van der Waals surface area contributed by atoms with Crippen LogP contribution in [0.2, 0.25) is 0 Å². The van der Waals surface area contributed by atoms with Crippen molar-refractivity contribution in [3.8, 4) is 0 Å². The maximum absolute atomic E-state index is 12.3. The van der Waals surface area contributed by atoms with E-state index < -0.39 is 0 Å². The molecule has 1 aromatic carbocycles. The Kier molecular flexibility index (Phi) is 4.76. The molecule has 3 atom stereocenters. The molecule has 2 aromatic rings. The van der Waals surface area contributed by atoms with Crippen LogP contribution in [0.4, 0.5) is 5.69 Å².